The molecule has 0 radical (unpaired) electrons. The molecule has 264 valence electrons. The van der Waals surface area contributed by atoms with Crippen LogP contribution in [0.25, 0.3) is 0 Å². The Balaban J connectivity index is 3.62. The fourth-order valence-corrected chi connectivity index (χ4v) is 5.25. The van der Waals surface area contributed by atoms with E-state index in [1.807, 2.05) is 20.8 Å². The molecule has 0 aromatic carbocycles. The number of carbonyl (C=O) groups excluding carboxylic acids is 6. The van der Waals surface area contributed by atoms with Crippen molar-refractivity contribution >= 4 is 35.5 Å². The van der Waals surface area contributed by atoms with Crippen LogP contribution in [-0.2, 0) is 33.5 Å². The number of hydrogen-bond donors (Lipinski definition) is 6. The molecule has 8 atom stereocenters. The third kappa shape index (κ3) is 12.5. The number of amides is 5. The Kier molecular flexibility index (Phi) is 17.8. The molecule has 14 nitrogen and oxygen atoms in total. The van der Waals surface area contributed by atoms with Crippen molar-refractivity contribution in [1.82, 2.24) is 26.2 Å². The van der Waals surface area contributed by atoms with Gasteiger partial charge in [-0.1, -0.05) is 67.2 Å². The third-order valence-electron chi connectivity index (χ3n) is 8.46. The largest absolute Gasteiger partial charge is 0.460 e. The van der Waals surface area contributed by atoms with Gasteiger partial charge in [-0.15, -0.1) is 0 Å². The van der Waals surface area contributed by atoms with Crippen molar-refractivity contribution in [3.05, 3.63) is 0 Å². The summed E-state index contributed by atoms with van der Waals surface area (Å²) in [4.78, 5) is 81.3. The molecule has 0 spiro atoms. The average molecular weight is 656 g/mol. The molecule has 1 aliphatic rings. The Morgan fingerprint density at radius 3 is 2.04 bits per heavy atom. The van der Waals surface area contributed by atoms with Crippen LogP contribution in [0, 0.1) is 17.8 Å². The quantitative estimate of drug-likeness (QED) is 0.134. The predicted octanol–water partition coefficient (Wildman–Crippen LogP) is 0.381. The first-order valence-corrected chi connectivity index (χ1v) is 16.5. The van der Waals surface area contributed by atoms with Gasteiger partial charge in [-0.05, 0) is 38.0 Å². The van der Waals surface area contributed by atoms with Crippen LogP contribution in [0.1, 0.15) is 93.4 Å². The number of aliphatic hydroxyl groups is 2. The summed E-state index contributed by atoms with van der Waals surface area (Å²) in [5.74, 6) is -5.66. The maximum atomic E-state index is 13.9. The number of aliphatic hydroxyl groups excluding tert-OH is 2. The highest BCUT2D eigenvalue weighted by atomic mass is 16.5. The summed E-state index contributed by atoms with van der Waals surface area (Å²) >= 11 is 0. The summed E-state index contributed by atoms with van der Waals surface area (Å²) in [6, 6.07) is -5.15. The number of nitrogens with zero attached hydrogens (tertiary/aromatic N) is 1. The van der Waals surface area contributed by atoms with Crippen molar-refractivity contribution in [2.24, 2.45) is 17.8 Å². The topological polar surface area (TPSA) is 203 Å². The Bertz CT molecular complexity index is 1040. The van der Waals surface area contributed by atoms with Crippen molar-refractivity contribution in [3.8, 4) is 0 Å². The lowest BCUT2D eigenvalue weighted by Gasteiger charge is -2.34. The van der Waals surface area contributed by atoms with Gasteiger partial charge in [0, 0.05) is 7.05 Å². The molecular weight excluding hydrogens is 598 g/mol. The third-order valence-corrected chi connectivity index (χ3v) is 8.46. The Morgan fingerprint density at radius 1 is 0.870 bits per heavy atom. The zero-order valence-corrected chi connectivity index (χ0v) is 28.8. The zero-order valence-electron chi connectivity index (χ0n) is 28.8. The molecule has 2 unspecified atom stereocenters. The van der Waals surface area contributed by atoms with E-state index < -0.39 is 96.9 Å². The van der Waals surface area contributed by atoms with Crippen LogP contribution >= 0.6 is 0 Å². The number of ether oxygens (including phenoxy) is 1. The first-order valence-electron chi connectivity index (χ1n) is 16.5. The van der Waals surface area contributed by atoms with Crippen LogP contribution in [-0.4, -0.2) is 107 Å². The lowest BCUT2D eigenvalue weighted by Crippen LogP contribution is -2.61. The second-order valence-corrected chi connectivity index (χ2v) is 12.8. The number of unbranched alkanes of at least 4 members (excludes halogenated alkanes) is 3. The summed E-state index contributed by atoms with van der Waals surface area (Å²) in [6.45, 7) is 10.9. The first-order chi connectivity index (χ1) is 21.6. The lowest BCUT2D eigenvalue weighted by molar-refractivity contribution is -0.157. The minimum Gasteiger partial charge on any atom is -0.460 e. The van der Waals surface area contributed by atoms with E-state index in [9.17, 15) is 39.0 Å². The van der Waals surface area contributed by atoms with E-state index in [4.69, 9.17) is 4.74 Å². The lowest BCUT2D eigenvalue weighted by atomic mass is 9.94. The van der Waals surface area contributed by atoms with E-state index in [2.05, 4.69) is 28.2 Å². The van der Waals surface area contributed by atoms with Crippen molar-refractivity contribution < 1.29 is 43.7 Å². The van der Waals surface area contributed by atoms with Crippen molar-refractivity contribution in [2.75, 3.05) is 20.2 Å². The molecule has 0 bridgehead atoms. The summed E-state index contributed by atoms with van der Waals surface area (Å²) in [6.07, 6.45) is 2.37. The maximum Gasteiger partial charge on any atom is 0.325 e. The molecule has 0 saturated carbocycles. The fraction of sp³-hybridized carbons (Fsp3) is 0.812. The Labute approximate surface area is 273 Å². The smallest absolute Gasteiger partial charge is 0.325 e. The van der Waals surface area contributed by atoms with Gasteiger partial charge in [-0.2, -0.15) is 0 Å². The Hall–Kier alpha value is -3.26. The van der Waals surface area contributed by atoms with Crippen molar-refractivity contribution in [1.29, 1.82) is 0 Å². The van der Waals surface area contributed by atoms with E-state index in [-0.39, 0.29) is 12.3 Å². The van der Waals surface area contributed by atoms with E-state index >= 15 is 0 Å². The molecule has 1 aliphatic heterocycles. The number of nitrogens with one attached hydrogen (secondary N) is 4. The van der Waals surface area contributed by atoms with Crippen LogP contribution in [0.3, 0.4) is 0 Å². The van der Waals surface area contributed by atoms with Crippen molar-refractivity contribution in [3.63, 3.8) is 0 Å². The molecule has 0 aliphatic carbocycles. The van der Waals surface area contributed by atoms with Gasteiger partial charge in [0.25, 0.3) is 0 Å². The molecule has 6 N–H and O–H groups in total. The van der Waals surface area contributed by atoms with Gasteiger partial charge < -0.3 is 41.1 Å². The molecule has 14 heteroatoms. The van der Waals surface area contributed by atoms with Gasteiger partial charge in [0.2, 0.25) is 29.5 Å². The molecule has 0 aromatic heterocycles. The van der Waals surface area contributed by atoms with Gasteiger partial charge in [-0.25, -0.2) is 0 Å². The standard InChI is InChI=1S/C32H57N5O9/c1-9-11-12-13-14-24-20(6)32(45)37(8)23(15-18(3)4)29(42)35-26(19(5)10-2)31(44)34-22(17-38)28(41)36-27(21(7)39)30(43)33-16-25(40)46-24/h18-24,26-27,38-39H,9-17H2,1-8H3,(H,33,43)(H,34,44)(H,35,42)(H,36,41)/t19-,20?,21+,22-,23-,24?,26-,27-/m0/s1. The highest BCUT2D eigenvalue weighted by molar-refractivity contribution is 5.96. The van der Waals surface area contributed by atoms with Crippen LogP contribution in [0.2, 0.25) is 0 Å². The van der Waals surface area contributed by atoms with Crippen LogP contribution in [0.15, 0.2) is 0 Å². The van der Waals surface area contributed by atoms with Crippen molar-refractivity contribution in [2.45, 2.75) is 130 Å². The first kappa shape index (κ1) is 40.8. The van der Waals surface area contributed by atoms with E-state index in [1.54, 1.807) is 13.8 Å². The van der Waals surface area contributed by atoms with Crippen LogP contribution in [0.5, 0.6) is 0 Å². The number of hydrogen-bond acceptors (Lipinski definition) is 9. The minimum absolute atomic E-state index is 0.00519. The highest BCUT2D eigenvalue weighted by Gasteiger charge is 2.38. The van der Waals surface area contributed by atoms with E-state index in [0.717, 1.165) is 19.3 Å². The molecule has 1 fully saturated rings. The predicted molar refractivity (Wildman–Crippen MR) is 171 cm³/mol. The molecular formula is C32H57N5O9. The van der Waals surface area contributed by atoms with Gasteiger partial charge in [0.05, 0.1) is 18.6 Å². The van der Waals surface area contributed by atoms with Gasteiger partial charge in [-0.3, -0.25) is 28.8 Å². The number of carbonyl (C=O) groups is 6. The van der Waals surface area contributed by atoms with Gasteiger partial charge in [0.1, 0.15) is 36.8 Å². The maximum absolute atomic E-state index is 13.9. The summed E-state index contributed by atoms with van der Waals surface area (Å²) < 4.78 is 5.71. The van der Waals surface area contributed by atoms with Crippen LogP contribution in [0.4, 0.5) is 0 Å². The van der Waals surface area contributed by atoms with E-state index in [1.165, 1.54) is 18.9 Å². The molecule has 46 heavy (non-hydrogen) atoms. The second kappa shape index (κ2) is 20.1. The average Bonchev–Trinajstić information content (AvgIpc) is 3.01. The number of cyclic esters (lactones) is 1. The molecule has 1 saturated heterocycles. The minimum atomic E-state index is -1.53. The monoisotopic (exact) mass is 655 g/mol. The SMILES string of the molecule is CCCCCCC1OC(=O)CNC(=O)[C@H]([C@@H](C)O)NC(=O)[C@H](CO)NC(=O)[C@H]([C@@H](C)CC)NC(=O)[C@H](CC(C)C)N(C)C(=O)C1C. The second-order valence-electron chi connectivity index (χ2n) is 12.8. The molecule has 0 aromatic rings. The van der Waals surface area contributed by atoms with Crippen LogP contribution < -0.4 is 21.3 Å². The molecule has 1 heterocycles. The van der Waals surface area contributed by atoms with E-state index in [0.29, 0.717) is 19.3 Å². The summed E-state index contributed by atoms with van der Waals surface area (Å²) in [5.41, 5.74) is 0. The number of esters is 1. The molecule has 1 rings (SSSR count). The number of likely N-dealkylation sites (N-methyl/N-ethyl adjacent to an activating group) is 1. The normalized spacial score (nSPS) is 27.8. The molecule has 5 amide bonds. The Morgan fingerprint density at radius 2 is 1.50 bits per heavy atom. The fourth-order valence-electron chi connectivity index (χ4n) is 5.25. The zero-order chi connectivity index (χ0) is 35.1. The van der Waals surface area contributed by atoms with Gasteiger partial charge in [0.15, 0.2) is 0 Å². The highest BCUT2D eigenvalue weighted by Crippen LogP contribution is 2.22. The summed E-state index contributed by atoms with van der Waals surface area (Å²) in [7, 11) is 1.50. The van der Waals surface area contributed by atoms with Gasteiger partial charge >= 0.3 is 5.97 Å². The number of rotatable bonds is 11. The summed E-state index contributed by atoms with van der Waals surface area (Å²) in [5, 5.41) is 30.0.